The first kappa shape index (κ1) is 8.73. The molecule has 1 rings (SSSR count). The molecule has 0 aliphatic rings. The van der Waals surface area contributed by atoms with Crippen LogP contribution in [0.2, 0.25) is 0 Å². The van der Waals surface area contributed by atoms with Gasteiger partial charge in [-0.05, 0) is 20.1 Å². The van der Waals surface area contributed by atoms with Crippen molar-refractivity contribution in [3.63, 3.8) is 0 Å². The topological polar surface area (TPSA) is 0 Å². The number of benzene rings is 1. The standard InChI is InChI=1S/C9H12BS/c1-7-4-5-9(10-11-3)8(2)6-7/h4-6H,1-3H3. The summed E-state index contributed by atoms with van der Waals surface area (Å²) in [7, 11) is 0. The summed E-state index contributed by atoms with van der Waals surface area (Å²) in [5.41, 5.74) is 4.03. The maximum absolute atomic E-state index is 2.21. The lowest BCUT2D eigenvalue weighted by atomic mass is 9.89. The van der Waals surface area contributed by atoms with Gasteiger partial charge in [0.15, 0.2) is 0 Å². The molecule has 0 atom stereocenters. The van der Waals surface area contributed by atoms with E-state index in [1.54, 1.807) is 11.6 Å². The van der Waals surface area contributed by atoms with E-state index < -0.39 is 0 Å². The highest BCUT2D eigenvalue weighted by Crippen LogP contribution is 2.01. The predicted octanol–water partition coefficient (Wildman–Crippen LogP) is 1.91. The fourth-order valence-electron chi connectivity index (χ4n) is 1.08. The van der Waals surface area contributed by atoms with Crippen molar-refractivity contribution in [3.05, 3.63) is 29.3 Å². The highest BCUT2D eigenvalue weighted by molar-refractivity contribution is 8.23. The van der Waals surface area contributed by atoms with E-state index in [2.05, 4.69) is 44.9 Å². The Labute approximate surface area is 73.5 Å². The highest BCUT2D eigenvalue weighted by Gasteiger charge is 1.97. The van der Waals surface area contributed by atoms with E-state index in [0.717, 1.165) is 0 Å². The number of hydrogen-bond donors (Lipinski definition) is 0. The Morgan fingerprint density at radius 1 is 1.27 bits per heavy atom. The van der Waals surface area contributed by atoms with Crippen LogP contribution in [0, 0.1) is 13.8 Å². The van der Waals surface area contributed by atoms with Crippen molar-refractivity contribution < 1.29 is 0 Å². The lowest BCUT2D eigenvalue weighted by molar-refractivity contribution is 1.41. The zero-order chi connectivity index (χ0) is 8.27. The molecule has 0 nitrogen and oxygen atoms in total. The van der Waals surface area contributed by atoms with E-state index in [4.69, 9.17) is 0 Å². The van der Waals surface area contributed by atoms with Crippen LogP contribution in [0.25, 0.3) is 0 Å². The summed E-state index contributed by atoms with van der Waals surface area (Å²) in [6.07, 6.45) is 2.08. The van der Waals surface area contributed by atoms with Gasteiger partial charge in [0.25, 0.3) is 0 Å². The second-order valence-electron chi connectivity index (χ2n) is 2.71. The smallest absolute Gasteiger partial charge is 0.215 e. The molecule has 0 bridgehead atoms. The first-order chi connectivity index (χ1) is 5.24. The molecule has 2 heteroatoms. The van der Waals surface area contributed by atoms with Gasteiger partial charge in [-0.1, -0.05) is 34.8 Å². The normalized spacial score (nSPS) is 9.73. The van der Waals surface area contributed by atoms with Crippen LogP contribution >= 0.6 is 11.6 Å². The molecule has 1 radical (unpaired) electrons. The van der Waals surface area contributed by atoms with Gasteiger partial charge >= 0.3 is 0 Å². The van der Waals surface area contributed by atoms with Crippen molar-refractivity contribution in [3.8, 4) is 0 Å². The van der Waals surface area contributed by atoms with Crippen LogP contribution in [0.15, 0.2) is 18.2 Å². The molecule has 0 amide bonds. The summed E-state index contributed by atoms with van der Waals surface area (Å²) < 4.78 is 0. The molecule has 1 aromatic carbocycles. The number of hydrogen-bond acceptors (Lipinski definition) is 1. The first-order valence-corrected chi connectivity index (χ1v) is 4.96. The molecule has 0 aliphatic heterocycles. The van der Waals surface area contributed by atoms with Crippen molar-refractivity contribution in [2.75, 3.05) is 6.26 Å². The van der Waals surface area contributed by atoms with E-state index >= 15 is 0 Å². The molecular weight excluding hydrogens is 151 g/mol. The van der Waals surface area contributed by atoms with Gasteiger partial charge < -0.3 is 0 Å². The fourth-order valence-corrected chi connectivity index (χ4v) is 1.60. The minimum atomic E-state index is 1.33. The van der Waals surface area contributed by atoms with Gasteiger partial charge in [-0.3, -0.25) is 0 Å². The third kappa shape index (κ3) is 2.30. The van der Waals surface area contributed by atoms with Gasteiger partial charge in [-0.25, -0.2) is 11.6 Å². The van der Waals surface area contributed by atoms with Gasteiger partial charge in [-0.2, -0.15) is 0 Å². The van der Waals surface area contributed by atoms with Gasteiger partial charge in [0, 0.05) is 0 Å². The van der Waals surface area contributed by atoms with E-state index in [1.165, 1.54) is 16.6 Å². The van der Waals surface area contributed by atoms with Crippen LogP contribution in [0.1, 0.15) is 11.1 Å². The molecule has 0 fully saturated rings. The Morgan fingerprint density at radius 2 is 2.00 bits per heavy atom. The van der Waals surface area contributed by atoms with Gasteiger partial charge in [0.1, 0.15) is 0 Å². The molecule has 0 N–H and O–H groups in total. The zero-order valence-electron chi connectivity index (χ0n) is 7.22. The fraction of sp³-hybridized carbons (Fsp3) is 0.333. The van der Waals surface area contributed by atoms with Crippen LogP contribution in [0.5, 0.6) is 0 Å². The highest BCUT2D eigenvalue weighted by atomic mass is 32.2. The van der Waals surface area contributed by atoms with E-state index in [0.29, 0.717) is 0 Å². The molecule has 0 heterocycles. The van der Waals surface area contributed by atoms with E-state index in [1.807, 2.05) is 0 Å². The van der Waals surface area contributed by atoms with Crippen LogP contribution in [0.3, 0.4) is 0 Å². The van der Waals surface area contributed by atoms with E-state index in [-0.39, 0.29) is 0 Å². The maximum atomic E-state index is 2.21. The average Bonchev–Trinajstić information content (AvgIpc) is 1.95. The van der Waals surface area contributed by atoms with Crippen LogP contribution in [-0.4, -0.2) is 12.8 Å². The SMILES string of the molecule is CS[B]c1ccc(C)cc1C. The minimum absolute atomic E-state index is 1.33. The van der Waals surface area contributed by atoms with Crippen LogP contribution in [-0.2, 0) is 0 Å². The maximum Gasteiger partial charge on any atom is 0.229 e. The van der Waals surface area contributed by atoms with Gasteiger partial charge in [-0.15, -0.1) is 0 Å². The summed E-state index contributed by atoms with van der Waals surface area (Å²) in [6.45, 7) is 6.44. The molecule has 11 heavy (non-hydrogen) atoms. The van der Waals surface area contributed by atoms with E-state index in [9.17, 15) is 0 Å². The molecule has 0 unspecified atom stereocenters. The third-order valence-electron chi connectivity index (χ3n) is 1.67. The predicted molar refractivity (Wildman–Crippen MR) is 54.8 cm³/mol. The van der Waals surface area contributed by atoms with Crippen molar-refractivity contribution in [1.82, 2.24) is 0 Å². The molecule has 57 valence electrons. The Balaban J connectivity index is 2.90. The summed E-state index contributed by atoms with van der Waals surface area (Å²) >= 11 is 1.75. The van der Waals surface area contributed by atoms with Gasteiger partial charge in [0.05, 0.1) is 0 Å². The quantitative estimate of drug-likeness (QED) is 0.600. The average molecular weight is 163 g/mol. The second-order valence-corrected chi connectivity index (χ2v) is 3.42. The van der Waals surface area contributed by atoms with Crippen molar-refractivity contribution >= 4 is 23.6 Å². The van der Waals surface area contributed by atoms with Crippen molar-refractivity contribution in [2.24, 2.45) is 0 Å². The molecule has 0 saturated carbocycles. The number of rotatable bonds is 2. The minimum Gasteiger partial charge on any atom is -0.215 e. The molecular formula is C9H12BS. The summed E-state index contributed by atoms with van der Waals surface area (Å²) in [4.78, 5) is 0. The Morgan fingerprint density at radius 3 is 2.55 bits per heavy atom. The second kappa shape index (κ2) is 3.86. The number of aryl methyl sites for hydroxylation is 2. The first-order valence-electron chi connectivity index (χ1n) is 3.67. The third-order valence-corrected chi connectivity index (χ3v) is 2.16. The molecule has 0 saturated heterocycles. The molecule has 0 aliphatic carbocycles. The Bertz CT molecular complexity index is 245. The zero-order valence-corrected chi connectivity index (χ0v) is 8.03. The lowest BCUT2D eigenvalue weighted by Crippen LogP contribution is -2.14. The summed E-state index contributed by atoms with van der Waals surface area (Å²) in [6, 6.07) is 6.53. The Hall–Kier alpha value is -0.365. The lowest BCUT2D eigenvalue weighted by Gasteiger charge is -2.02. The summed E-state index contributed by atoms with van der Waals surface area (Å²) in [5.74, 6) is 0. The molecule has 1 aromatic rings. The monoisotopic (exact) mass is 163 g/mol. The van der Waals surface area contributed by atoms with Crippen LogP contribution < -0.4 is 5.46 Å². The molecule has 0 aromatic heterocycles. The van der Waals surface area contributed by atoms with Crippen molar-refractivity contribution in [2.45, 2.75) is 13.8 Å². The van der Waals surface area contributed by atoms with Crippen molar-refractivity contribution in [1.29, 1.82) is 0 Å². The summed E-state index contributed by atoms with van der Waals surface area (Å²) in [5, 5.41) is 0. The van der Waals surface area contributed by atoms with Gasteiger partial charge in [0.2, 0.25) is 6.56 Å². The molecule has 0 spiro atoms. The Kier molecular flexibility index (Phi) is 3.07. The largest absolute Gasteiger partial charge is 0.229 e. The van der Waals surface area contributed by atoms with Crippen LogP contribution in [0.4, 0.5) is 0 Å².